The standard InChI is InChI=1S/C21H16F3N5O/c1-12-9-13(4-6-16(12)28-20(30)18-7-8-26-29(18)2)19-25-11-14-3-5-15(21(22,23)24)10-17(14)27-19/h3-11H,1-2H3,(H,28,30). The van der Waals surface area contributed by atoms with Crippen molar-refractivity contribution in [2.45, 2.75) is 13.1 Å². The van der Waals surface area contributed by atoms with Gasteiger partial charge in [-0.25, -0.2) is 9.97 Å². The predicted octanol–water partition coefficient (Wildman–Crippen LogP) is 4.61. The Bertz CT molecular complexity index is 1260. The topological polar surface area (TPSA) is 72.7 Å². The zero-order valence-corrected chi connectivity index (χ0v) is 16.0. The van der Waals surface area contributed by atoms with Gasteiger partial charge in [0.1, 0.15) is 5.69 Å². The Morgan fingerprint density at radius 1 is 1.10 bits per heavy atom. The number of alkyl halides is 3. The Kier molecular flexibility index (Phi) is 4.73. The molecule has 2 aromatic carbocycles. The summed E-state index contributed by atoms with van der Waals surface area (Å²) in [5.74, 6) is 0.00178. The number of aryl methyl sites for hydroxylation is 2. The molecule has 9 heteroatoms. The van der Waals surface area contributed by atoms with Gasteiger partial charge in [0.25, 0.3) is 5.91 Å². The highest BCUT2D eigenvalue weighted by atomic mass is 19.4. The molecule has 0 aliphatic rings. The van der Waals surface area contributed by atoms with Gasteiger partial charge in [-0.2, -0.15) is 18.3 Å². The first-order valence-electron chi connectivity index (χ1n) is 8.97. The summed E-state index contributed by atoms with van der Waals surface area (Å²) in [6.07, 6.45) is -1.42. The molecule has 0 atom stereocenters. The summed E-state index contributed by atoms with van der Waals surface area (Å²) in [7, 11) is 1.67. The Morgan fingerprint density at radius 2 is 1.90 bits per heavy atom. The van der Waals surface area contributed by atoms with Gasteiger partial charge in [0.15, 0.2) is 5.82 Å². The third kappa shape index (κ3) is 3.73. The average molecular weight is 411 g/mol. The second-order valence-corrected chi connectivity index (χ2v) is 6.79. The number of benzene rings is 2. The largest absolute Gasteiger partial charge is 0.416 e. The molecule has 0 unspecified atom stereocenters. The van der Waals surface area contributed by atoms with Crippen molar-refractivity contribution in [3.05, 3.63) is 71.7 Å². The first-order valence-corrected chi connectivity index (χ1v) is 8.97. The summed E-state index contributed by atoms with van der Waals surface area (Å²) in [6, 6.07) is 10.2. The molecule has 4 aromatic rings. The molecule has 0 spiro atoms. The van der Waals surface area contributed by atoms with Crippen LogP contribution in [0.2, 0.25) is 0 Å². The Hall–Kier alpha value is -3.75. The van der Waals surface area contributed by atoms with E-state index in [1.54, 1.807) is 31.3 Å². The number of hydrogen-bond donors (Lipinski definition) is 1. The quantitative estimate of drug-likeness (QED) is 0.534. The molecule has 4 rings (SSSR count). The zero-order chi connectivity index (χ0) is 21.5. The summed E-state index contributed by atoms with van der Waals surface area (Å²) in [6.45, 7) is 1.81. The van der Waals surface area contributed by atoms with E-state index in [1.165, 1.54) is 23.1 Å². The number of carbonyl (C=O) groups is 1. The summed E-state index contributed by atoms with van der Waals surface area (Å²) in [4.78, 5) is 20.9. The molecule has 1 N–H and O–H groups in total. The SMILES string of the molecule is Cc1cc(-c2ncc3ccc(C(F)(F)F)cc3n2)ccc1NC(=O)c1ccnn1C. The predicted molar refractivity (Wildman–Crippen MR) is 106 cm³/mol. The van der Waals surface area contributed by atoms with E-state index >= 15 is 0 Å². The lowest BCUT2D eigenvalue weighted by molar-refractivity contribution is -0.137. The second kappa shape index (κ2) is 7.25. The van der Waals surface area contributed by atoms with Gasteiger partial charge in [0.05, 0.1) is 11.1 Å². The van der Waals surface area contributed by atoms with Crippen LogP contribution in [0.5, 0.6) is 0 Å². The van der Waals surface area contributed by atoms with E-state index in [1.807, 2.05) is 6.92 Å². The Balaban J connectivity index is 1.64. The molecule has 0 saturated carbocycles. The van der Waals surface area contributed by atoms with E-state index in [4.69, 9.17) is 0 Å². The summed E-state index contributed by atoms with van der Waals surface area (Å²) >= 11 is 0. The maximum Gasteiger partial charge on any atom is 0.416 e. The van der Waals surface area contributed by atoms with Crippen LogP contribution in [0.25, 0.3) is 22.3 Å². The highest BCUT2D eigenvalue weighted by Crippen LogP contribution is 2.31. The van der Waals surface area contributed by atoms with Crippen LogP contribution in [0.1, 0.15) is 21.6 Å². The van der Waals surface area contributed by atoms with Crippen LogP contribution in [0, 0.1) is 6.92 Å². The molecule has 6 nitrogen and oxygen atoms in total. The van der Waals surface area contributed by atoms with Crippen molar-refractivity contribution in [3.8, 4) is 11.4 Å². The maximum atomic E-state index is 13.0. The van der Waals surface area contributed by atoms with Crippen LogP contribution in [0.15, 0.2) is 54.9 Å². The normalized spacial score (nSPS) is 11.6. The number of nitrogens with one attached hydrogen (secondary N) is 1. The number of rotatable bonds is 3. The van der Waals surface area contributed by atoms with Crippen molar-refractivity contribution < 1.29 is 18.0 Å². The van der Waals surface area contributed by atoms with Crippen LogP contribution < -0.4 is 5.32 Å². The Morgan fingerprint density at radius 3 is 2.57 bits per heavy atom. The third-order valence-electron chi connectivity index (χ3n) is 4.70. The van der Waals surface area contributed by atoms with Crippen molar-refractivity contribution in [1.29, 1.82) is 0 Å². The molecule has 0 radical (unpaired) electrons. The molecule has 152 valence electrons. The number of nitrogens with zero attached hydrogens (tertiary/aromatic N) is 4. The lowest BCUT2D eigenvalue weighted by Gasteiger charge is -2.11. The fourth-order valence-corrected chi connectivity index (χ4v) is 3.06. The minimum absolute atomic E-state index is 0.209. The van der Waals surface area contributed by atoms with Crippen LogP contribution in [0.4, 0.5) is 18.9 Å². The van der Waals surface area contributed by atoms with Crippen LogP contribution in [0.3, 0.4) is 0 Å². The van der Waals surface area contributed by atoms with Gasteiger partial charge in [0.2, 0.25) is 0 Å². The van der Waals surface area contributed by atoms with Crippen LogP contribution >= 0.6 is 0 Å². The van der Waals surface area contributed by atoms with E-state index in [-0.39, 0.29) is 11.4 Å². The van der Waals surface area contributed by atoms with Crippen molar-refractivity contribution in [2.24, 2.45) is 7.05 Å². The molecular weight excluding hydrogens is 395 g/mol. The van der Waals surface area contributed by atoms with Gasteiger partial charge in [-0.3, -0.25) is 9.48 Å². The van der Waals surface area contributed by atoms with Crippen molar-refractivity contribution in [1.82, 2.24) is 19.7 Å². The molecule has 2 heterocycles. The number of amides is 1. The van der Waals surface area contributed by atoms with Gasteiger partial charge in [-0.05, 0) is 48.9 Å². The van der Waals surface area contributed by atoms with Crippen molar-refractivity contribution >= 4 is 22.5 Å². The van der Waals surface area contributed by atoms with E-state index < -0.39 is 11.7 Å². The van der Waals surface area contributed by atoms with Gasteiger partial charge in [0, 0.05) is 36.1 Å². The molecule has 30 heavy (non-hydrogen) atoms. The fraction of sp³-hybridized carbons (Fsp3) is 0.143. The number of hydrogen-bond acceptors (Lipinski definition) is 4. The highest BCUT2D eigenvalue weighted by molar-refractivity contribution is 6.03. The first kappa shape index (κ1) is 19.6. The second-order valence-electron chi connectivity index (χ2n) is 6.79. The van der Waals surface area contributed by atoms with E-state index in [0.717, 1.165) is 17.7 Å². The summed E-state index contributed by atoms with van der Waals surface area (Å²) < 4.78 is 40.4. The number of halogens is 3. The Labute approximate surface area is 169 Å². The number of fused-ring (bicyclic) bond motifs is 1. The number of carbonyl (C=O) groups excluding carboxylic acids is 1. The minimum atomic E-state index is -4.44. The number of aromatic nitrogens is 4. The van der Waals surface area contributed by atoms with Crippen molar-refractivity contribution in [2.75, 3.05) is 5.32 Å². The van der Waals surface area contributed by atoms with E-state index in [9.17, 15) is 18.0 Å². The lowest BCUT2D eigenvalue weighted by atomic mass is 10.1. The summed E-state index contributed by atoms with van der Waals surface area (Å²) in [5.41, 5.74) is 1.85. The van der Waals surface area contributed by atoms with Crippen LogP contribution in [-0.4, -0.2) is 25.7 Å². The van der Waals surface area contributed by atoms with Gasteiger partial charge in [-0.1, -0.05) is 6.07 Å². The van der Waals surface area contributed by atoms with Crippen LogP contribution in [-0.2, 0) is 13.2 Å². The van der Waals surface area contributed by atoms with Crippen molar-refractivity contribution in [3.63, 3.8) is 0 Å². The van der Waals surface area contributed by atoms with Gasteiger partial charge >= 0.3 is 6.18 Å². The molecule has 0 aliphatic heterocycles. The smallest absolute Gasteiger partial charge is 0.320 e. The molecule has 2 aromatic heterocycles. The summed E-state index contributed by atoms with van der Waals surface area (Å²) in [5, 5.41) is 7.31. The lowest BCUT2D eigenvalue weighted by Crippen LogP contribution is -2.16. The fourth-order valence-electron chi connectivity index (χ4n) is 3.06. The van der Waals surface area contributed by atoms with E-state index in [2.05, 4.69) is 20.4 Å². The molecule has 0 saturated heterocycles. The molecule has 0 aliphatic carbocycles. The van der Waals surface area contributed by atoms with E-state index in [0.29, 0.717) is 28.2 Å². The van der Waals surface area contributed by atoms with Gasteiger partial charge in [-0.15, -0.1) is 0 Å². The monoisotopic (exact) mass is 411 g/mol. The molecule has 1 amide bonds. The molecular formula is C21H16F3N5O. The maximum absolute atomic E-state index is 13.0. The van der Waals surface area contributed by atoms with Gasteiger partial charge < -0.3 is 5.32 Å². The number of anilines is 1. The minimum Gasteiger partial charge on any atom is -0.320 e. The average Bonchev–Trinajstić information content (AvgIpc) is 3.14. The first-order chi connectivity index (χ1) is 14.2. The highest BCUT2D eigenvalue weighted by Gasteiger charge is 2.30. The third-order valence-corrected chi connectivity index (χ3v) is 4.70. The zero-order valence-electron chi connectivity index (χ0n) is 16.0. The molecule has 0 bridgehead atoms. The molecule has 0 fully saturated rings.